The van der Waals surface area contributed by atoms with Crippen molar-refractivity contribution in [1.29, 1.82) is 0 Å². The first kappa shape index (κ1) is 24.1. The zero-order chi connectivity index (χ0) is 22.8. The molecule has 32 heavy (non-hydrogen) atoms. The van der Waals surface area contributed by atoms with E-state index in [0.29, 0.717) is 21.6 Å². The van der Waals surface area contributed by atoms with Crippen molar-refractivity contribution in [3.05, 3.63) is 82.5 Å². The lowest BCUT2D eigenvalue weighted by molar-refractivity contribution is 0.0953. The Labute approximate surface area is 199 Å². The lowest BCUT2D eigenvalue weighted by Gasteiger charge is -2.19. The molecule has 1 amide bonds. The van der Waals surface area contributed by atoms with Crippen molar-refractivity contribution in [2.75, 3.05) is 18.5 Å². The summed E-state index contributed by atoms with van der Waals surface area (Å²) in [6.07, 6.45) is 3.29. The van der Waals surface area contributed by atoms with Crippen LogP contribution in [0.1, 0.15) is 47.7 Å². The highest BCUT2D eigenvalue weighted by molar-refractivity contribution is 7.98. The first-order chi connectivity index (χ1) is 15.5. The van der Waals surface area contributed by atoms with Crippen LogP contribution in [0.15, 0.2) is 65.8 Å². The molecule has 0 spiro atoms. The van der Waals surface area contributed by atoms with Crippen LogP contribution in [0.4, 0.5) is 5.82 Å². The van der Waals surface area contributed by atoms with Gasteiger partial charge < -0.3 is 10.2 Å². The highest BCUT2D eigenvalue weighted by atomic mass is 35.5. The largest absolute Gasteiger partial charge is 0.355 e. The maximum atomic E-state index is 12.2. The summed E-state index contributed by atoms with van der Waals surface area (Å²) in [5.41, 5.74) is 2.98. The molecule has 0 unspecified atom stereocenters. The summed E-state index contributed by atoms with van der Waals surface area (Å²) < 4.78 is 0. The summed E-state index contributed by atoms with van der Waals surface area (Å²) in [5, 5.41) is 4.02. The number of amides is 1. The number of halogens is 1. The van der Waals surface area contributed by atoms with Crippen LogP contribution < -0.4 is 10.2 Å². The van der Waals surface area contributed by atoms with Crippen LogP contribution in [0, 0.1) is 0 Å². The average Bonchev–Trinajstić information content (AvgIpc) is 2.81. The standard InChI is InChI=1S/C25H29ClN4OS/c1-3-4-8-15-27-24(31)21-13-11-20(12-14-21)18-32-25-28-22(26)16-23(29-25)30(2)17-19-9-6-5-7-10-19/h5-7,9-14,16H,3-4,8,15,17-18H2,1-2H3,(H,27,31). The molecule has 5 nitrogen and oxygen atoms in total. The first-order valence-electron chi connectivity index (χ1n) is 10.8. The molecule has 1 heterocycles. The molecule has 7 heteroatoms. The molecular weight excluding hydrogens is 440 g/mol. The van der Waals surface area contributed by atoms with Gasteiger partial charge in [0.05, 0.1) is 0 Å². The Morgan fingerprint density at radius 3 is 2.50 bits per heavy atom. The Kier molecular flexibility index (Phi) is 9.38. The van der Waals surface area contributed by atoms with Gasteiger partial charge in [-0.3, -0.25) is 4.79 Å². The van der Waals surface area contributed by atoms with Gasteiger partial charge in [-0.15, -0.1) is 0 Å². The van der Waals surface area contributed by atoms with E-state index in [1.54, 1.807) is 6.07 Å². The van der Waals surface area contributed by atoms with Gasteiger partial charge in [0.25, 0.3) is 5.91 Å². The topological polar surface area (TPSA) is 58.1 Å². The number of benzene rings is 2. The molecule has 0 atom stereocenters. The second-order valence-corrected chi connectivity index (χ2v) is 8.95. The molecule has 0 fully saturated rings. The third-order valence-corrected chi connectivity index (χ3v) is 6.08. The van der Waals surface area contributed by atoms with E-state index in [-0.39, 0.29) is 5.91 Å². The molecule has 0 radical (unpaired) electrons. The van der Waals surface area contributed by atoms with Gasteiger partial charge in [0, 0.05) is 37.5 Å². The maximum absolute atomic E-state index is 12.2. The van der Waals surface area contributed by atoms with Crippen molar-refractivity contribution in [1.82, 2.24) is 15.3 Å². The van der Waals surface area contributed by atoms with E-state index in [1.165, 1.54) is 17.3 Å². The molecular formula is C25H29ClN4OS. The molecule has 168 valence electrons. The summed E-state index contributed by atoms with van der Waals surface area (Å²) in [4.78, 5) is 23.3. The minimum atomic E-state index is -0.0235. The minimum absolute atomic E-state index is 0.0235. The minimum Gasteiger partial charge on any atom is -0.355 e. The van der Waals surface area contributed by atoms with E-state index in [9.17, 15) is 4.79 Å². The molecule has 0 aliphatic rings. The third-order valence-electron chi connectivity index (χ3n) is 4.96. The zero-order valence-corrected chi connectivity index (χ0v) is 20.1. The number of aromatic nitrogens is 2. The average molecular weight is 469 g/mol. The smallest absolute Gasteiger partial charge is 0.251 e. The molecule has 1 aromatic heterocycles. The van der Waals surface area contributed by atoms with Crippen LogP contribution in [-0.4, -0.2) is 29.5 Å². The summed E-state index contributed by atoms with van der Waals surface area (Å²) >= 11 is 7.79. The van der Waals surface area contributed by atoms with E-state index in [1.807, 2.05) is 49.5 Å². The fraction of sp³-hybridized carbons (Fsp3) is 0.320. The fourth-order valence-electron chi connectivity index (χ4n) is 3.16. The number of carbonyl (C=O) groups is 1. The monoisotopic (exact) mass is 468 g/mol. The third kappa shape index (κ3) is 7.53. The van der Waals surface area contributed by atoms with Gasteiger partial charge in [0.15, 0.2) is 5.16 Å². The van der Waals surface area contributed by atoms with Crippen LogP contribution >= 0.6 is 23.4 Å². The lowest BCUT2D eigenvalue weighted by Crippen LogP contribution is -2.24. The van der Waals surface area contributed by atoms with Crippen molar-refractivity contribution in [3.63, 3.8) is 0 Å². The summed E-state index contributed by atoms with van der Waals surface area (Å²) in [6.45, 7) is 3.61. The highest BCUT2D eigenvalue weighted by Crippen LogP contribution is 2.25. The lowest BCUT2D eigenvalue weighted by atomic mass is 10.1. The van der Waals surface area contributed by atoms with Crippen LogP contribution in [0.25, 0.3) is 0 Å². The Morgan fingerprint density at radius 1 is 1.03 bits per heavy atom. The number of nitrogens with zero attached hydrogens (tertiary/aromatic N) is 3. The SMILES string of the molecule is CCCCCNC(=O)c1ccc(CSc2nc(Cl)cc(N(C)Cc3ccccc3)n2)cc1. The Bertz CT molecular complexity index is 999. The van der Waals surface area contributed by atoms with Gasteiger partial charge in [-0.05, 0) is 29.7 Å². The number of anilines is 1. The number of rotatable bonds is 11. The van der Waals surface area contributed by atoms with E-state index in [2.05, 4.69) is 39.2 Å². The normalized spacial score (nSPS) is 10.7. The van der Waals surface area contributed by atoms with Crippen LogP contribution in [0.5, 0.6) is 0 Å². The van der Waals surface area contributed by atoms with E-state index in [4.69, 9.17) is 11.6 Å². The molecule has 0 saturated heterocycles. The predicted octanol–water partition coefficient (Wildman–Crippen LogP) is 5.98. The first-order valence-corrected chi connectivity index (χ1v) is 12.2. The van der Waals surface area contributed by atoms with Crippen molar-refractivity contribution < 1.29 is 4.79 Å². The van der Waals surface area contributed by atoms with Gasteiger partial charge in [-0.2, -0.15) is 0 Å². The van der Waals surface area contributed by atoms with Gasteiger partial charge in [-0.25, -0.2) is 9.97 Å². The summed E-state index contributed by atoms with van der Waals surface area (Å²) in [6, 6.07) is 19.7. The van der Waals surface area contributed by atoms with Crippen molar-refractivity contribution in [2.24, 2.45) is 0 Å². The molecule has 3 aromatic rings. The summed E-state index contributed by atoms with van der Waals surface area (Å²) in [7, 11) is 1.99. The molecule has 0 aliphatic carbocycles. The number of hydrogen-bond acceptors (Lipinski definition) is 5. The van der Waals surface area contributed by atoms with Crippen molar-refractivity contribution >= 4 is 35.1 Å². The summed E-state index contributed by atoms with van der Waals surface area (Å²) in [5.74, 6) is 1.46. The highest BCUT2D eigenvalue weighted by Gasteiger charge is 2.10. The zero-order valence-electron chi connectivity index (χ0n) is 18.6. The number of nitrogens with one attached hydrogen (secondary N) is 1. The predicted molar refractivity (Wildman–Crippen MR) is 133 cm³/mol. The Hall–Kier alpha value is -2.57. The quantitative estimate of drug-likeness (QED) is 0.162. The Morgan fingerprint density at radius 2 is 1.78 bits per heavy atom. The van der Waals surface area contributed by atoms with Crippen molar-refractivity contribution in [2.45, 2.75) is 43.6 Å². The van der Waals surface area contributed by atoms with Gasteiger partial charge in [-0.1, -0.05) is 85.6 Å². The molecule has 0 aliphatic heterocycles. The number of unbranched alkanes of at least 4 members (excludes halogenated alkanes) is 2. The Balaban J connectivity index is 1.56. The van der Waals surface area contributed by atoms with Gasteiger partial charge >= 0.3 is 0 Å². The van der Waals surface area contributed by atoms with Gasteiger partial charge in [0.2, 0.25) is 0 Å². The molecule has 2 aromatic carbocycles. The maximum Gasteiger partial charge on any atom is 0.251 e. The van der Waals surface area contributed by atoms with Crippen LogP contribution in [-0.2, 0) is 12.3 Å². The van der Waals surface area contributed by atoms with E-state index in [0.717, 1.165) is 43.7 Å². The number of carbonyl (C=O) groups excluding carboxylic acids is 1. The number of thioether (sulfide) groups is 1. The second kappa shape index (κ2) is 12.5. The van der Waals surface area contributed by atoms with Crippen LogP contribution in [0.3, 0.4) is 0 Å². The van der Waals surface area contributed by atoms with Crippen molar-refractivity contribution in [3.8, 4) is 0 Å². The van der Waals surface area contributed by atoms with Gasteiger partial charge in [0.1, 0.15) is 11.0 Å². The molecule has 0 bridgehead atoms. The fourth-order valence-corrected chi connectivity index (χ4v) is 4.20. The second-order valence-electron chi connectivity index (χ2n) is 7.62. The van der Waals surface area contributed by atoms with Crippen LogP contribution in [0.2, 0.25) is 5.15 Å². The number of hydrogen-bond donors (Lipinski definition) is 1. The molecule has 3 rings (SSSR count). The molecule has 0 saturated carbocycles. The molecule has 1 N–H and O–H groups in total. The van der Waals surface area contributed by atoms with E-state index < -0.39 is 0 Å². The van der Waals surface area contributed by atoms with E-state index >= 15 is 0 Å².